The minimum atomic E-state index is -0.308. The third-order valence-corrected chi connectivity index (χ3v) is 3.98. The molecular weight excluding hydrogens is 343 g/mol. The molecule has 110 valence electrons. The SMILES string of the molecule is O=C1[N-]C(=Nc2ccc(O)cc2)S/C1=C/c1ccc(Cl)cc1.[Na+]. The summed E-state index contributed by atoms with van der Waals surface area (Å²) in [5.41, 5.74) is 1.51. The van der Waals surface area contributed by atoms with Crippen LogP contribution in [0.2, 0.25) is 5.02 Å². The number of amidine groups is 1. The summed E-state index contributed by atoms with van der Waals surface area (Å²) in [6.45, 7) is 0. The number of aromatic hydroxyl groups is 1. The van der Waals surface area contributed by atoms with Crippen LogP contribution in [0.5, 0.6) is 5.75 Å². The van der Waals surface area contributed by atoms with E-state index >= 15 is 0 Å². The summed E-state index contributed by atoms with van der Waals surface area (Å²) in [6, 6.07) is 13.6. The molecule has 7 heteroatoms. The van der Waals surface area contributed by atoms with Gasteiger partial charge in [-0.15, -0.1) is 0 Å². The Labute approximate surface area is 164 Å². The summed E-state index contributed by atoms with van der Waals surface area (Å²) in [5.74, 6) is -0.142. The minimum absolute atomic E-state index is 0. The number of phenolic OH excluding ortho intramolecular Hbond substituents is 1. The number of halogens is 1. The third-order valence-electron chi connectivity index (χ3n) is 2.85. The molecular formula is C16H10ClN2NaO2S. The Hall–Kier alpha value is -1.24. The van der Waals surface area contributed by atoms with Gasteiger partial charge in [0.05, 0.1) is 4.91 Å². The van der Waals surface area contributed by atoms with Gasteiger partial charge in [0.15, 0.2) is 5.91 Å². The molecule has 0 radical (unpaired) electrons. The number of thioether (sulfide) groups is 1. The van der Waals surface area contributed by atoms with Gasteiger partial charge >= 0.3 is 29.6 Å². The summed E-state index contributed by atoms with van der Waals surface area (Å²) >= 11 is 7.05. The Bertz CT molecular complexity index is 774. The fraction of sp³-hybridized carbons (Fsp3) is 0. The number of hydrogen-bond acceptors (Lipinski definition) is 4. The zero-order valence-electron chi connectivity index (χ0n) is 12.2. The van der Waals surface area contributed by atoms with E-state index in [2.05, 4.69) is 10.3 Å². The van der Waals surface area contributed by atoms with Crippen molar-refractivity contribution in [3.8, 4) is 5.75 Å². The average molecular weight is 353 g/mol. The Morgan fingerprint density at radius 3 is 2.39 bits per heavy atom. The van der Waals surface area contributed by atoms with E-state index in [1.165, 1.54) is 23.9 Å². The Balaban J connectivity index is 0.00000192. The Kier molecular flexibility index (Phi) is 6.33. The van der Waals surface area contributed by atoms with Crippen LogP contribution in [0.15, 0.2) is 58.4 Å². The number of carbonyl (C=O) groups is 1. The topological polar surface area (TPSA) is 63.8 Å². The normalized spacial score (nSPS) is 17.2. The molecule has 1 heterocycles. The number of phenols is 1. The number of carbonyl (C=O) groups excluding carboxylic acids is 1. The fourth-order valence-corrected chi connectivity index (χ4v) is 2.72. The first-order chi connectivity index (χ1) is 10.6. The zero-order chi connectivity index (χ0) is 15.5. The Morgan fingerprint density at radius 1 is 1.09 bits per heavy atom. The van der Waals surface area contributed by atoms with Crippen LogP contribution < -0.4 is 29.6 Å². The van der Waals surface area contributed by atoms with Crippen molar-refractivity contribution in [2.45, 2.75) is 0 Å². The van der Waals surface area contributed by atoms with E-state index in [1.807, 2.05) is 12.1 Å². The van der Waals surface area contributed by atoms with Crippen molar-refractivity contribution >= 4 is 46.2 Å². The second-order valence-corrected chi connectivity index (χ2v) is 5.94. The summed E-state index contributed by atoms with van der Waals surface area (Å²) in [7, 11) is 0. The van der Waals surface area contributed by atoms with Crippen molar-refractivity contribution < 1.29 is 39.5 Å². The number of rotatable bonds is 2. The summed E-state index contributed by atoms with van der Waals surface area (Å²) in [5, 5.41) is 14.2. The van der Waals surface area contributed by atoms with Gasteiger partial charge in [-0.25, -0.2) is 0 Å². The Morgan fingerprint density at radius 2 is 1.74 bits per heavy atom. The van der Waals surface area contributed by atoms with E-state index in [-0.39, 0.29) is 41.2 Å². The van der Waals surface area contributed by atoms with E-state index in [9.17, 15) is 9.90 Å². The summed E-state index contributed by atoms with van der Waals surface area (Å²) < 4.78 is 0. The van der Waals surface area contributed by atoms with E-state index in [4.69, 9.17) is 11.6 Å². The van der Waals surface area contributed by atoms with Gasteiger partial charge in [0.2, 0.25) is 0 Å². The number of hydrogen-bond donors (Lipinski definition) is 1. The van der Waals surface area contributed by atoms with Gasteiger partial charge in [0.25, 0.3) is 0 Å². The van der Waals surface area contributed by atoms with Crippen LogP contribution in [-0.4, -0.2) is 16.2 Å². The second-order valence-electron chi connectivity index (χ2n) is 4.49. The van der Waals surface area contributed by atoms with Crippen molar-refractivity contribution in [3.05, 3.63) is 69.3 Å². The second kappa shape index (κ2) is 8.04. The zero-order valence-corrected chi connectivity index (χ0v) is 15.8. The van der Waals surface area contributed by atoms with E-state index in [0.717, 1.165) is 5.56 Å². The standard InChI is InChI=1S/C16H11ClN2O2S.Na/c17-11-3-1-10(2-4-11)9-14-15(21)19-16(22-14)18-12-5-7-13(20)8-6-12;/h1-9H,(H2,18,19,20,21);/q;+1/p-1/b14-9+;. The molecule has 0 aromatic heterocycles. The third kappa shape index (κ3) is 4.86. The average Bonchev–Trinajstić information content (AvgIpc) is 2.84. The van der Waals surface area contributed by atoms with Crippen LogP contribution in [0, 0.1) is 0 Å². The molecule has 0 unspecified atom stereocenters. The van der Waals surface area contributed by atoms with Crippen LogP contribution in [0.1, 0.15) is 5.56 Å². The van der Waals surface area contributed by atoms with Gasteiger partial charge in [-0.05, 0) is 46.8 Å². The maximum absolute atomic E-state index is 11.9. The van der Waals surface area contributed by atoms with E-state index in [1.54, 1.807) is 30.3 Å². The smallest absolute Gasteiger partial charge is 0.508 e. The largest absolute Gasteiger partial charge is 1.00 e. The molecule has 2 aromatic carbocycles. The van der Waals surface area contributed by atoms with E-state index < -0.39 is 0 Å². The van der Waals surface area contributed by atoms with E-state index in [0.29, 0.717) is 20.8 Å². The maximum atomic E-state index is 11.9. The molecule has 2 aromatic rings. The molecule has 0 spiro atoms. The molecule has 0 atom stereocenters. The number of benzene rings is 2. The number of amides is 1. The van der Waals surface area contributed by atoms with Crippen LogP contribution in [-0.2, 0) is 4.79 Å². The van der Waals surface area contributed by atoms with Crippen molar-refractivity contribution in [3.63, 3.8) is 0 Å². The molecule has 1 saturated heterocycles. The molecule has 4 nitrogen and oxygen atoms in total. The molecule has 0 saturated carbocycles. The first kappa shape index (κ1) is 18.1. The quantitative estimate of drug-likeness (QED) is 0.661. The van der Waals surface area contributed by atoms with Crippen molar-refractivity contribution in [2.75, 3.05) is 0 Å². The van der Waals surface area contributed by atoms with Gasteiger partial charge < -0.3 is 15.4 Å². The van der Waals surface area contributed by atoms with Gasteiger partial charge in [0, 0.05) is 5.02 Å². The van der Waals surface area contributed by atoms with Crippen molar-refractivity contribution in [1.82, 2.24) is 0 Å². The molecule has 1 amide bonds. The summed E-state index contributed by atoms with van der Waals surface area (Å²) in [4.78, 5) is 16.7. The van der Waals surface area contributed by atoms with Crippen molar-refractivity contribution in [1.29, 1.82) is 0 Å². The van der Waals surface area contributed by atoms with Gasteiger partial charge in [0.1, 0.15) is 5.75 Å². The predicted molar refractivity (Wildman–Crippen MR) is 90.6 cm³/mol. The number of nitrogens with zero attached hydrogens (tertiary/aromatic N) is 2. The minimum Gasteiger partial charge on any atom is -0.508 e. The van der Waals surface area contributed by atoms with Crippen LogP contribution in [0.3, 0.4) is 0 Å². The van der Waals surface area contributed by atoms with Gasteiger partial charge in [-0.2, -0.15) is 0 Å². The molecule has 1 fully saturated rings. The predicted octanol–water partition coefficient (Wildman–Crippen LogP) is 1.73. The first-order valence-electron chi connectivity index (χ1n) is 6.39. The molecule has 0 aliphatic carbocycles. The molecule has 1 N–H and O–H groups in total. The fourth-order valence-electron chi connectivity index (χ4n) is 1.79. The van der Waals surface area contributed by atoms with Gasteiger partial charge in [-0.1, -0.05) is 47.6 Å². The number of aliphatic imine (C=N–C) groups is 1. The van der Waals surface area contributed by atoms with Crippen molar-refractivity contribution in [2.24, 2.45) is 4.99 Å². The van der Waals surface area contributed by atoms with Crippen LogP contribution >= 0.6 is 23.4 Å². The monoisotopic (exact) mass is 352 g/mol. The van der Waals surface area contributed by atoms with Crippen LogP contribution in [0.4, 0.5) is 5.69 Å². The molecule has 23 heavy (non-hydrogen) atoms. The molecule has 1 aliphatic heterocycles. The van der Waals surface area contributed by atoms with Gasteiger partial charge in [-0.3, -0.25) is 4.79 Å². The maximum Gasteiger partial charge on any atom is 1.00 e. The first-order valence-corrected chi connectivity index (χ1v) is 7.58. The molecule has 3 rings (SSSR count). The molecule has 0 bridgehead atoms. The summed E-state index contributed by atoms with van der Waals surface area (Å²) in [6.07, 6.45) is 1.76. The van der Waals surface area contributed by atoms with Crippen LogP contribution in [0.25, 0.3) is 11.4 Å². The molecule has 1 aliphatic rings.